The van der Waals surface area contributed by atoms with Crippen molar-refractivity contribution in [2.45, 2.75) is 26.3 Å². The number of nitrogens with zero attached hydrogens (tertiary/aromatic N) is 3. The number of fused-ring (bicyclic) bond motifs is 1. The number of imidazole rings is 1. The van der Waals surface area contributed by atoms with Crippen LogP contribution in [0, 0.1) is 0 Å². The number of nitrogen functional groups attached to an aromatic ring is 1. The Morgan fingerprint density at radius 1 is 1.43 bits per heavy atom. The van der Waals surface area contributed by atoms with Gasteiger partial charge in [0.1, 0.15) is 5.52 Å². The Kier molecular flexibility index (Phi) is 2.35. The lowest BCUT2D eigenvalue weighted by Gasteiger charge is -2.01. The van der Waals surface area contributed by atoms with Crippen LogP contribution in [0.4, 0.5) is 5.69 Å². The Labute approximate surface area is 82.8 Å². The summed E-state index contributed by atoms with van der Waals surface area (Å²) in [6, 6.07) is 1.78. The van der Waals surface area contributed by atoms with Gasteiger partial charge in [-0.3, -0.25) is 0 Å². The summed E-state index contributed by atoms with van der Waals surface area (Å²) in [5.74, 6) is 0. The highest BCUT2D eigenvalue weighted by molar-refractivity contribution is 5.83. The molecule has 2 rings (SSSR count). The molecule has 0 saturated heterocycles. The summed E-state index contributed by atoms with van der Waals surface area (Å²) in [5.41, 5.74) is 8.18. The normalized spacial score (nSPS) is 10.9. The topological polar surface area (TPSA) is 56.7 Å². The predicted octanol–water partition coefficient (Wildman–Crippen LogP) is 1.81. The predicted molar refractivity (Wildman–Crippen MR) is 56.8 cm³/mol. The van der Waals surface area contributed by atoms with E-state index in [1.807, 2.05) is 6.33 Å². The standard InChI is InChI=1S/C10H14N4/c1-2-3-6-14-7-13-9-8(11)4-5-12-10(9)14/h4-5,7H,2-3,6H2,1H3,(H2,11,12). The van der Waals surface area contributed by atoms with Crippen LogP contribution in [0.15, 0.2) is 18.6 Å². The van der Waals surface area contributed by atoms with E-state index < -0.39 is 0 Å². The summed E-state index contributed by atoms with van der Waals surface area (Å²) in [5, 5.41) is 0. The van der Waals surface area contributed by atoms with Crippen molar-refractivity contribution in [3.63, 3.8) is 0 Å². The van der Waals surface area contributed by atoms with Crippen LogP contribution in [0.1, 0.15) is 19.8 Å². The Morgan fingerprint density at radius 2 is 2.29 bits per heavy atom. The molecule has 0 spiro atoms. The molecule has 2 aromatic heterocycles. The molecule has 74 valence electrons. The number of anilines is 1. The Hall–Kier alpha value is -1.58. The van der Waals surface area contributed by atoms with Crippen LogP contribution in [-0.2, 0) is 6.54 Å². The van der Waals surface area contributed by atoms with E-state index in [-0.39, 0.29) is 0 Å². The van der Waals surface area contributed by atoms with E-state index in [2.05, 4.69) is 21.5 Å². The fourth-order valence-electron chi connectivity index (χ4n) is 1.47. The monoisotopic (exact) mass is 190 g/mol. The number of unbranched alkanes of at least 4 members (excludes halogenated alkanes) is 1. The summed E-state index contributed by atoms with van der Waals surface area (Å²) in [4.78, 5) is 8.52. The molecule has 0 aromatic carbocycles. The average Bonchev–Trinajstić information content (AvgIpc) is 2.60. The van der Waals surface area contributed by atoms with Gasteiger partial charge in [-0.2, -0.15) is 0 Å². The highest BCUT2D eigenvalue weighted by atomic mass is 15.1. The highest BCUT2D eigenvalue weighted by Gasteiger charge is 2.05. The molecule has 2 heterocycles. The van der Waals surface area contributed by atoms with Crippen LogP contribution in [-0.4, -0.2) is 14.5 Å². The van der Waals surface area contributed by atoms with Crippen LogP contribution < -0.4 is 5.73 Å². The lowest BCUT2D eigenvalue weighted by molar-refractivity contribution is 0.642. The zero-order valence-corrected chi connectivity index (χ0v) is 8.27. The summed E-state index contributed by atoms with van der Waals surface area (Å²) >= 11 is 0. The molecule has 4 heteroatoms. The Morgan fingerprint density at radius 3 is 3.07 bits per heavy atom. The van der Waals surface area contributed by atoms with Crippen LogP contribution in [0.5, 0.6) is 0 Å². The minimum absolute atomic E-state index is 0.699. The first kappa shape index (κ1) is 8.99. The second-order valence-electron chi connectivity index (χ2n) is 3.36. The number of aromatic nitrogens is 3. The molecule has 0 aliphatic rings. The van der Waals surface area contributed by atoms with E-state index in [0.29, 0.717) is 5.69 Å². The van der Waals surface area contributed by atoms with Crippen molar-refractivity contribution in [2.24, 2.45) is 0 Å². The summed E-state index contributed by atoms with van der Waals surface area (Å²) < 4.78 is 2.05. The molecule has 4 nitrogen and oxygen atoms in total. The molecule has 0 radical (unpaired) electrons. The molecule has 0 amide bonds. The molecule has 2 aromatic rings. The van der Waals surface area contributed by atoms with Crippen molar-refractivity contribution >= 4 is 16.9 Å². The number of nitrogens with two attached hydrogens (primary N) is 1. The number of rotatable bonds is 3. The lowest BCUT2D eigenvalue weighted by atomic mass is 10.3. The van der Waals surface area contributed by atoms with Crippen molar-refractivity contribution in [3.8, 4) is 0 Å². The van der Waals surface area contributed by atoms with Gasteiger partial charge in [0.2, 0.25) is 0 Å². The molecule has 0 fully saturated rings. The highest BCUT2D eigenvalue weighted by Crippen LogP contribution is 2.16. The number of pyridine rings is 1. The van der Waals surface area contributed by atoms with Gasteiger partial charge in [0.05, 0.1) is 12.0 Å². The molecule has 0 atom stereocenters. The van der Waals surface area contributed by atoms with E-state index in [1.54, 1.807) is 12.3 Å². The zero-order chi connectivity index (χ0) is 9.97. The van der Waals surface area contributed by atoms with Crippen molar-refractivity contribution < 1.29 is 0 Å². The molecule has 0 aliphatic carbocycles. The first-order valence-electron chi connectivity index (χ1n) is 4.88. The molecule has 0 bridgehead atoms. The molecular weight excluding hydrogens is 176 g/mol. The van der Waals surface area contributed by atoms with Gasteiger partial charge in [-0.05, 0) is 12.5 Å². The van der Waals surface area contributed by atoms with Crippen LogP contribution in [0.2, 0.25) is 0 Å². The second kappa shape index (κ2) is 3.65. The maximum atomic E-state index is 5.78. The molecule has 14 heavy (non-hydrogen) atoms. The van der Waals surface area contributed by atoms with Gasteiger partial charge < -0.3 is 10.3 Å². The SMILES string of the molecule is CCCCn1cnc2c(N)ccnc21. The largest absolute Gasteiger partial charge is 0.397 e. The molecule has 0 aliphatic heterocycles. The molecule has 0 saturated carbocycles. The summed E-state index contributed by atoms with van der Waals surface area (Å²) in [6.45, 7) is 3.13. The molecule has 0 unspecified atom stereocenters. The zero-order valence-electron chi connectivity index (χ0n) is 8.27. The van der Waals surface area contributed by atoms with Crippen LogP contribution >= 0.6 is 0 Å². The van der Waals surface area contributed by atoms with Crippen molar-refractivity contribution in [1.82, 2.24) is 14.5 Å². The van der Waals surface area contributed by atoms with Gasteiger partial charge in [0.15, 0.2) is 5.65 Å². The van der Waals surface area contributed by atoms with Gasteiger partial charge in [0, 0.05) is 12.7 Å². The van der Waals surface area contributed by atoms with Crippen molar-refractivity contribution in [3.05, 3.63) is 18.6 Å². The first-order chi connectivity index (χ1) is 6.83. The molecular formula is C10H14N4. The van der Waals surface area contributed by atoms with Gasteiger partial charge in [-0.25, -0.2) is 9.97 Å². The van der Waals surface area contributed by atoms with E-state index in [4.69, 9.17) is 5.73 Å². The third kappa shape index (κ3) is 1.43. The Bertz CT molecular complexity index is 433. The van der Waals surface area contributed by atoms with Gasteiger partial charge in [-0.1, -0.05) is 13.3 Å². The number of hydrogen-bond acceptors (Lipinski definition) is 3. The minimum atomic E-state index is 0.699. The van der Waals surface area contributed by atoms with Gasteiger partial charge in [0.25, 0.3) is 0 Å². The van der Waals surface area contributed by atoms with E-state index >= 15 is 0 Å². The smallest absolute Gasteiger partial charge is 0.161 e. The molecule has 2 N–H and O–H groups in total. The maximum absolute atomic E-state index is 5.78. The van der Waals surface area contributed by atoms with Crippen LogP contribution in [0.25, 0.3) is 11.2 Å². The lowest BCUT2D eigenvalue weighted by Crippen LogP contribution is -1.97. The van der Waals surface area contributed by atoms with Gasteiger partial charge in [-0.15, -0.1) is 0 Å². The summed E-state index contributed by atoms with van der Waals surface area (Å²) in [6.07, 6.45) is 5.84. The fourth-order valence-corrected chi connectivity index (χ4v) is 1.47. The van der Waals surface area contributed by atoms with Crippen molar-refractivity contribution in [2.75, 3.05) is 5.73 Å². The van der Waals surface area contributed by atoms with Crippen LogP contribution in [0.3, 0.4) is 0 Å². The first-order valence-corrected chi connectivity index (χ1v) is 4.88. The van der Waals surface area contributed by atoms with Gasteiger partial charge >= 0.3 is 0 Å². The van der Waals surface area contributed by atoms with E-state index in [1.165, 1.54) is 6.42 Å². The maximum Gasteiger partial charge on any atom is 0.161 e. The number of aryl methyl sites for hydroxylation is 1. The summed E-state index contributed by atoms with van der Waals surface area (Å²) in [7, 11) is 0. The minimum Gasteiger partial charge on any atom is -0.397 e. The third-order valence-electron chi connectivity index (χ3n) is 2.29. The van der Waals surface area contributed by atoms with E-state index in [0.717, 1.165) is 24.1 Å². The van der Waals surface area contributed by atoms with E-state index in [9.17, 15) is 0 Å². The third-order valence-corrected chi connectivity index (χ3v) is 2.29. The second-order valence-corrected chi connectivity index (χ2v) is 3.36. The quantitative estimate of drug-likeness (QED) is 0.803. The number of hydrogen-bond donors (Lipinski definition) is 1. The average molecular weight is 190 g/mol. The van der Waals surface area contributed by atoms with Crippen molar-refractivity contribution in [1.29, 1.82) is 0 Å². The Balaban J connectivity index is 2.42. The fraction of sp³-hybridized carbons (Fsp3) is 0.400.